The lowest BCUT2D eigenvalue weighted by Gasteiger charge is -2.22. The Morgan fingerprint density at radius 2 is 2.17 bits per heavy atom. The number of hydrogen-bond acceptors (Lipinski definition) is 3. The van der Waals surface area contributed by atoms with Crippen molar-refractivity contribution >= 4 is 5.97 Å². The third-order valence-corrected chi connectivity index (χ3v) is 3.17. The molecule has 0 aromatic heterocycles. The summed E-state index contributed by atoms with van der Waals surface area (Å²) in [5, 5.41) is 8.41. The molecule has 0 amide bonds. The minimum absolute atomic E-state index is 0.00690. The molecule has 106 valence electrons. The second kappa shape index (κ2) is 6.38. The number of likely N-dealkylation sites (N-methyl/N-ethyl adjacent to an activating group) is 1. The quantitative estimate of drug-likeness (QED) is 0.746. The fourth-order valence-electron chi connectivity index (χ4n) is 2.16. The van der Waals surface area contributed by atoms with Gasteiger partial charge in [-0.1, -0.05) is 6.92 Å². The lowest BCUT2D eigenvalue weighted by Crippen LogP contribution is -2.33. The minimum Gasteiger partial charge on any atom is -0.481 e. The smallest absolute Gasteiger partial charge is 0.393 e. The zero-order valence-corrected chi connectivity index (χ0v) is 10.2. The van der Waals surface area contributed by atoms with Gasteiger partial charge < -0.3 is 9.84 Å². The molecule has 2 atom stereocenters. The van der Waals surface area contributed by atoms with E-state index in [0.717, 1.165) is 0 Å². The van der Waals surface area contributed by atoms with E-state index in [4.69, 9.17) is 9.84 Å². The maximum absolute atomic E-state index is 12.6. The fraction of sp³-hybridized carbons (Fsp3) is 0.909. The number of nitrogens with zero attached hydrogens (tertiary/aromatic N) is 1. The van der Waals surface area contributed by atoms with Gasteiger partial charge in [0, 0.05) is 12.6 Å². The number of carboxylic acids is 1. The molecule has 0 aliphatic carbocycles. The van der Waals surface area contributed by atoms with Crippen molar-refractivity contribution in [2.75, 3.05) is 26.3 Å². The number of alkyl halides is 3. The van der Waals surface area contributed by atoms with Gasteiger partial charge in [0.25, 0.3) is 0 Å². The van der Waals surface area contributed by atoms with Gasteiger partial charge in [0.1, 0.15) is 0 Å². The third kappa shape index (κ3) is 4.45. The molecule has 0 radical (unpaired) electrons. The highest BCUT2D eigenvalue weighted by Crippen LogP contribution is 2.36. The van der Waals surface area contributed by atoms with Crippen molar-refractivity contribution in [2.45, 2.75) is 32.0 Å². The van der Waals surface area contributed by atoms with E-state index in [0.29, 0.717) is 6.54 Å². The molecule has 1 aliphatic heterocycles. The van der Waals surface area contributed by atoms with Crippen LogP contribution in [0.4, 0.5) is 13.2 Å². The molecular formula is C11H18F3NO3. The van der Waals surface area contributed by atoms with Crippen molar-refractivity contribution in [3.8, 4) is 0 Å². The molecule has 0 saturated carbocycles. The van der Waals surface area contributed by atoms with Crippen LogP contribution in [0.1, 0.15) is 19.8 Å². The molecule has 1 rings (SSSR count). The molecule has 4 nitrogen and oxygen atoms in total. The average molecular weight is 269 g/mol. The highest BCUT2D eigenvalue weighted by Gasteiger charge is 2.46. The molecule has 1 saturated heterocycles. The van der Waals surface area contributed by atoms with Crippen LogP contribution in [0.2, 0.25) is 0 Å². The lowest BCUT2D eigenvalue weighted by molar-refractivity contribution is -0.170. The monoisotopic (exact) mass is 269 g/mol. The third-order valence-electron chi connectivity index (χ3n) is 3.17. The summed E-state index contributed by atoms with van der Waals surface area (Å²) in [6.07, 6.45) is -4.25. The predicted octanol–water partition coefficient (Wildman–Crippen LogP) is 1.75. The number of carboxylic acid groups (broad SMARTS) is 1. The number of halogens is 3. The topological polar surface area (TPSA) is 49.8 Å². The summed E-state index contributed by atoms with van der Waals surface area (Å²) in [7, 11) is 0. The Morgan fingerprint density at radius 1 is 1.50 bits per heavy atom. The Bertz CT molecular complexity index is 283. The van der Waals surface area contributed by atoms with E-state index in [-0.39, 0.29) is 38.6 Å². The van der Waals surface area contributed by atoms with Gasteiger partial charge in [-0.2, -0.15) is 13.2 Å². The van der Waals surface area contributed by atoms with Gasteiger partial charge in [-0.05, 0) is 13.0 Å². The highest BCUT2D eigenvalue weighted by molar-refractivity contribution is 5.66. The number of ether oxygens (including phenoxy) is 1. The van der Waals surface area contributed by atoms with Crippen LogP contribution >= 0.6 is 0 Å². The molecule has 1 aliphatic rings. The Balaban J connectivity index is 2.37. The summed E-state index contributed by atoms with van der Waals surface area (Å²) < 4.78 is 42.9. The number of rotatable bonds is 6. The van der Waals surface area contributed by atoms with Crippen molar-refractivity contribution in [1.29, 1.82) is 0 Å². The molecule has 0 bridgehead atoms. The Labute approximate surface area is 104 Å². The lowest BCUT2D eigenvalue weighted by atomic mass is 10.1. The van der Waals surface area contributed by atoms with Crippen LogP contribution in [-0.2, 0) is 9.53 Å². The second-order valence-corrected chi connectivity index (χ2v) is 4.43. The van der Waals surface area contributed by atoms with E-state index < -0.39 is 18.1 Å². The Hall–Kier alpha value is -0.820. The molecule has 1 fully saturated rings. The zero-order chi connectivity index (χ0) is 13.8. The average Bonchev–Trinajstić information content (AvgIpc) is 2.67. The Kier molecular flexibility index (Phi) is 5.40. The van der Waals surface area contributed by atoms with E-state index >= 15 is 0 Å². The predicted molar refractivity (Wildman–Crippen MR) is 58.3 cm³/mol. The van der Waals surface area contributed by atoms with E-state index in [1.54, 1.807) is 4.90 Å². The van der Waals surface area contributed by atoms with Gasteiger partial charge in [0.05, 0.1) is 25.6 Å². The fourth-order valence-corrected chi connectivity index (χ4v) is 2.16. The van der Waals surface area contributed by atoms with Crippen LogP contribution in [0.15, 0.2) is 0 Å². The highest BCUT2D eigenvalue weighted by atomic mass is 19.4. The number of hydrogen-bond donors (Lipinski definition) is 1. The van der Waals surface area contributed by atoms with Crippen LogP contribution < -0.4 is 0 Å². The van der Waals surface area contributed by atoms with Gasteiger partial charge in [-0.3, -0.25) is 9.69 Å². The molecule has 18 heavy (non-hydrogen) atoms. The van der Waals surface area contributed by atoms with Gasteiger partial charge in [-0.15, -0.1) is 0 Å². The molecule has 1 N–H and O–H groups in total. The van der Waals surface area contributed by atoms with E-state index in [9.17, 15) is 18.0 Å². The first kappa shape index (κ1) is 15.2. The summed E-state index contributed by atoms with van der Waals surface area (Å²) in [5.74, 6) is -2.27. The first-order chi connectivity index (χ1) is 8.34. The van der Waals surface area contributed by atoms with Crippen molar-refractivity contribution in [2.24, 2.45) is 5.92 Å². The van der Waals surface area contributed by atoms with Crippen LogP contribution in [0, 0.1) is 5.92 Å². The standard InChI is InChI=1S/C11H18F3NO3/c1-2-15-6-8(11(12,13)14)5-9(15)7-18-4-3-10(16)17/h8-9H,2-7H2,1H3,(H,16,17)/t8-,9-/m0/s1. The van der Waals surface area contributed by atoms with Crippen LogP contribution in [0.3, 0.4) is 0 Å². The number of aliphatic carboxylic acids is 1. The van der Waals surface area contributed by atoms with Crippen LogP contribution in [0.5, 0.6) is 0 Å². The first-order valence-electron chi connectivity index (χ1n) is 5.95. The molecular weight excluding hydrogens is 251 g/mol. The SMILES string of the molecule is CCN1C[C@@H](C(F)(F)F)C[C@H]1COCCC(=O)O. The van der Waals surface area contributed by atoms with Crippen molar-refractivity contribution in [3.63, 3.8) is 0 Å². The van der Waals surface area contributed by atoms with Crippen molar-refractivity contribution in [3.05, 3.63) is 0 Å². The number of likely N-dealkylation sites (tertiary alicyclic amines) is 1. The van der Waals surface area contributed by atoms with Gasteiger partial charge >= 0.3 is 12.1 Å². The van der Waals surface area contributed by atoms with Crippen molar-refractivity contribution in [1.82, 2.24) is 4.90 Å². The van der Waals surface area contributed by atoms with E-state index in [2.05, 4.69) is 0 Å². The summed E-state index contributed by atoms with van der Waals surface area (Å²) >= 11 is 0. The van der Waals surface area contributed by atoms with Crippen molar-refractivity contribution < 1.29 is 27.8 Å². The van der Waals surface area contributed by atoms with Gasteiger partial charge in [0.15, 0.2) is 0 Å². The minimum atomic E-state index is -4.16. The molecule has 7 heteroatoms. The van der Waals surface area contributed by atoms with Gasteiger partial charge in [-0.25, -0.2) is 0 Å². The zero-order valence-electron chi connectivity index (χ0n) is 10.2. The Morgan fingerprint density at radius 3 is 2.67 bits per heavy atom. The normalized spacial score (nSPS) is 25.6. The van der Waals surface area contributed by atoms with Crippen LogP contribution in [-0.4, -0.2) is 54.5 Å². The molecule has 0 aromatic rings. The summed E-state index contributed by atoms with van der Waals surface area (Å²) in [5.41, 5.74) is 0. The summed E-state index contributed by atoms with van der Waals surface area (Å²) in [6.45, 7) is 2.56. The van der Waals surface area contributed by atoms with Gasteiger partial charge in [0.2, 0.25) is 0 Å². The maximum Gasteiger partial charge on any atom is 0.393 e. The maximum atomic E-state index is 12.6. The molecule has 0 aromatic carbocycles. The van der Waals surface area contributed by atoms with E-state index in [1.165, 1.54) is 0 Å². The molecule has 0 spiro atoms. The largest absolute Gasteiger partial charge is 0.481 e. The second-order valence-electron chi connectivity index (χ2n) is 4.43. The summed E-state index contributed by atoms with van der Waals surface area (Å²) in [4.78, 5) is 12.0. The number of carbonyl (C=O) groups is 1. The van der Waals surface area contributed by atoms with E-state index in [1.807, 2.05) is 6.92 Å². The van der Waals surface area contributed by atoms with Crippen LogP contribution in [0.25, 0.3) is 0 Å². The molecule has 1 heterocycles. The first-order valence-corrected chi connectivity index (χ1v) is 5.95. The molecule has 0 unspecified atom stereocenters. The summed E-state index contributed by atoms with van der Waals surface area (Å²) in [6, 6.07) is -0.268.